The lowest BCUT2D eigenvalue weighted by atomic mass is 10.1. The van der Waals surface area contributed by atoms with E-state index in [4.69, 9.17) is 0 Å². The van der Waals surface area contributed by atoms with Crippen LogP contribution >= 0.6 is 15.9 Å². The Morgan fingerprint density at radius 2 is 2.05 bits per heavy atom. The van der Waals surface area contributed by atoms with Gasteiger partial charge in [0.05, 0.1) is 0 Å². The van der Waals surface area contributed by atoms with E-state index in [1.807, 2.05) is 13.0 Å². The van der Waals surface area contributed by atoms with Gasteiger partial charge < -0.3 is 5.32 Å². The van der Waals surface area contributed by atoms with Crippen molar-refractivity contribution in [1.29, 1.82) is 0 Å². The first kappa shape index (κ1) is 15.4. The molecule has 22 heavy (non-hydrogen) atoms. The smallest absolute Gasteiger partial charge is 0.131 e. The number of nitrogens with one attached hydrogen (secondary N) is 1. The van der Waals surface area contributed by atoms with Gasteiger partial charge in [-0.2, -0.15) is 0 Å². The van der Waals surface area contributed by atoms with Crippen molar-refractivity contribution in [2.75, 3.05) is 11.9 Å². The third kappa shape index (κ3) is 3.65. The molecule has 2 heterocycles. The zero-order chi connectivity index (χ0) is 15.5. The summed E-state index contributed by atoms with van der Waals surface area (Å²) in [5, 5.41) is 3.57. The van der Waals surface area contributed by atoms with E-state index in [-0.39, 0.29) is 0 Å². The van der Waals surface area contributed by atoms with Crippen LogP contribution in [-0.2, 0) is 6.54 Å². The Hall–Kier alpha value is -1.46. The summed E-state index contributed by atoms with van der Waals surface area (Å²) < 4.78 is 0.828. The Kier molecular flexibility index (Phi) is 4.74. The fourth-order valence-electron chi connectivity index (χ4n) is 3.03. The molecule has 1 aromatic carbocycles. The van der Waals surface area contributed by atoms with E-state index in [0.29, 0.717) is 12.1 Å². The molecular weight excluding hydrogens is 340 g/mol. The van der Waals surface area contributed by atoms with Crippen LogP contribution in [0.5, 0.6) is 0 Å². The molecular formula is C17H21BrN4. The molecule has 0 saturated carbocycles. The van der Waals surface area contributed by atoms with Crippen LogP contribution in [0.2, 0.25) is 0 Å². The summed E-state index contributed by atoms with van der Waals surface area (Å²) in [7, 11) is 0. The van der Waals surface area contributed by atoms with Gasteiger partial charge in [0, 0.05) is 31.2 Å². The molecule has 0 aliphatic carbocycles. The third-order valence-electron chi connectivity index (χ3n) is 4.25. The number of hydrogen-bond donors (Lipinski definition) is 1. The average molecular weight is 361 g/mol. The van der Waals surface area contributed by atoms with Crippen molar-refractivity contribution in [3.05, 3.63) is 52.4 Å². The van der Waals surface area contributed by atoms with Crippen molar-refractivity contribution in [1.82, 2.24) is 14.9 Å². The minimum Gasteiger partial charge on any atom is -0.366 e. The molecule has 1 N–H and O–H groups in total. The fourth-order valence-corrected chi connectivity index (χ4v) is 3.51. The van der Waals surface area contributed by atoms with Crippen LogP contribution in [0.1, 0.15) is 24.7 Å². The lowest BCUT2D eigenvalue weighted by molar-refractivity contribution is 0.255. The Labute approximate surface area is 140 Å². The van der Waals surface area contributed by atoms with Gasteiger partial charge in [0.15, 0.2) is 0 Å². The quantitative estimate of drug-likeness (QED) is 0.845. The van der Waals surface area contributed by atoms with E-state index in [9.17, 15) is 0 Å². The van der Waals surface area contributed by atoms with Gasteiger partial charge in [0.2, 0.25) is 0 Å². The summed E-state index contributed by atoms with van der Waals surface area (Å²) in [6.07, 6.45) is 1.13. The van der Waals surface area contributed by atoms with Crippen LogP contribution in [0.3, 0.4) is 0 Å². The fraction of sp³-hybridized carbons (Fsp3) is 0.412. The van der Waals surface area contributed by atoms with E-state index >= 15 is 0 Å². The normalized spacial score (nSPS) is 22.0. The van der Waals surface area contributed by atoms with Crippen molar-refractivity contribution in [2.45, 2.75) is 38.9 Å². The third-order valence-corrected chi connectivity index (χ3v) is 4.66. The van der Waals surface area contributed by atoms with Gasteiger partial charge in [0.1, 0.15) is 16.2 Å². The first-order chi connectivity index (χ1) is 10.6. The number of hydrogen-bond acceptors (Lipinski definition) is 4. The van der Waals surface area contributed by atoms with Crippen LogP contribution in [0.15, 0.2) is 41.0 Å². The van der Waals surface area contributed by atoms with Crippen LogP contribution in [0.4, 0.5) is 5.82 Å². The molecule has 1 aliphatic rings. The largest absolute Gasteiger partial charge is 0.366 e. The van der Waals surface area contributed by atoms with E-state index in [1.165, 1.54) is 5.56 Å². The summed E-state index contributed by atoms with van der Waals surface area (Å²) in [5.41, 5.74) is 1.37. The highest BCUT2D eigenvalue weighted by Crippen LogP contribution is 2.24. The molecule has 3 rings (SSSR count). The molecule has 0 bridgehead atoms. The SMILES string of the molecule is Cc1nc(Br)cc(NC2CCN(Cc3ccccc3)C2C)n1. The molecule has 0 radical (unpaired) electrons. The summed E-state index contributed by atoms with van der Waals surface area (Å²) in [4.78, 5) is 11.2. The van der Waals surface area contributed by atoms with Gasteiger partial charge in [-0.05, 0) is 41.8 Å². The van der Waals surface area contributed by atoms with E-state index in [2.05, 4.69) is 73.4 Å². The number of likely N-dealkylation sites (tertiary alicyclic amines) is 1. The number of aryl methyl sites for hydroxylation is 1. The van der Waals surface area contributed by atoms with Gasteiger partial charge in [0.25, 0.3) is 0 Å². The molecule has 2 atom stereocenters. The zero-order valence-corrected chi connectivity index (χ0v) is 14.5. The van der Waals surface area contributed by atoms with Gasteiger partial charge in [-0.25, -0.2) is 9.97 Å². The molecule has 4 nitrogen and oxygen atoms in total. The van der Waals surface area contributed by atoms with Crippen LogP contribution < -0.4 is 5.32 Å². The van der Waals surface area contributed by atoms with E-state index in [1.54, 1.807) is 0 Å². The van der Waals surface area contributed by atoms with Gasteiger partial charge in [-0.1, -0.05) is 30.3 Å². The number of nitrogens with zero attached hydrogens (tertiary/aromatic N) is 3. The number of benzene rings is 1. The van der Waals surface area contributed by atoms with Crippen molar-refractivity contribution < 1.29 is 0 Å². The van der Waals surface area contributed by atoms with Gasteiger partial charge in [-0.15, -0.1) is 0 Å². The van der Waals surface area contributed by atoms with Crippen molar-refractivity contribution in [3.8, 4) is 0 Å². The van der Waals surface area contributed by atoms with Gasteiger partial charge in [-0.3, -0.25) is 4.90 Å². The maximum atomic E-state index is 4.47. The first-order valence-electron chi connectivity index (χ1n) is 7.67. The number of halogens is 1. The summed E-state index contributed by atoms with van der Waals surface area (Å²) in [6, 6.07) is 13.5. The number of aromatic nitrogens is 2. The zero-order valence-electron chi connectivity index (χ0n) is 13.0. The molecule has 0 amide bonds. The topological polar surface area (TPSA) is 41.1 Å². The second-order valence-electron chi connectivity index (χ2n) is 5.86. The predicted octanol–water partition coefficient (Wildman–Crippen LogP) is 3.62. The van der Waals surface area contributed by atoms with Crippen LogP contribution in [0, 0.1) is 6.92 Å². The Bertz CT molecular complexity index is 612. The monoisotopic (exact) mass is 360 g/mol. The van der Waals surface area contributed by atoms with Crippen molar-refractivity contribution >= 4 is 21.7 Å². The minimum absolute atomic E-state index is 0.421. The maximum absolute atomic E-state index is 4.47. The second-order valence-corrected chi connectivity index (χ2v) is 6.67. The summed E-state index contributed by atoms with van der Waals surface area (Å²) in [5.74, 6) is 1.68. The molecule has 5 heteroatoms. The molecule has 116 valence electrons. The first-order valence-corrected chi connectivity index (χ1v) is 8.47. The standard InChI is InChI=1S/C17H21BrN4/c1-12-15(21-17-10-16(18)19-13(2)20-17)8-9-22(12)11-14-6-4-3-5-7-14/h3-7,10,12,15H,8-9,11H2,1-2H3,(H,19,20,21). The molecule has 0 spiro atoms. The lowest BCUT2D eigenvalue weighted by Crippen LogP contribution is -2.36. The minimum atomic E-state index is 0.421. The molecule has 1 saturated heterocycles. The highest BCUT2D eigenvalue weighted by atomic mass is 79.9. The van der Waals surface area contributed by atoms with Crippen LogP contribution in [-0.4, -0.2) is 33.5 Å². The van der Waals surface area contributed by atoms with Crippen molar-refractivity contribution in [3.63, 3.8) is 0 Å². The van der Waals surface area contributed by atoms with Gasteiger partial charge >= 0.3 is 0 Å². The predicted molar refractivity (Wildman–Crippen MR) is 92.8 cm³/mol. The van der Waals surface area contributed by atoms with E-state index in [0.717, 1.165) is 35.8 Å². The Morgan fingerprint density at radius 3 is 2.77 bits per heavy atom. The maximum Gasteiger partial charge on any atom is 0.131 e. The molecule has 1 fully saturated rings. The van der Waals surface area contributed by atoms with Crippen LogP contribution in [0.25, 0.3) is 0 Å². The second kappa shape index (κ2) is 6.75. The Balaban J connectivity index is 1.64. The highest BCUT2D eigenvalue weighted by Gasteiger charge is 2.30. The molecule has 2 aromatic rings. The van der Waals surface area contributed by atoms with Crippen molar-refractivity contribution in [2.24, 2.45) is 0 Å². The lowest BCUT2D eigenvalue weighted by Gasteiger charge is -2.25. The molecule has 1 aliphatic heterocycles. The summed E-state index contributed by atoms with van der Waals surface area (Å²) >= 11 is 3.43. The molecule has 1 aromatic heterocycles. The average Bonchev–Trinajstić information content (AvgIpc) is 2.80. The number of anilines is 1. The van der Waals surface area contributed by atoms with E-state index < -0.39 is 0 Å². The molecule has 2 unspecified atom stereocenters. The Morgan fingerprint density at radius 1 is 1.27 bits per heavy atom. The highest BCUT2D eigenvalue weighted by molar-refractivity contribution is 9.10. The number of rotatable bonds is 4. The summed E-state index contributed by atoms with van der Waals surface area (Å²) in [6.45, 7) is 6.32.